The molecule has 1 aliphatic rings. The number of hydrogen-bond donors (Lipinski definition) is 3. The minimum atomic E-state index is -1.62. The molecule has 0 spiro atoms. The summed E-state index contributed by atoms with van der Waals surface area (Å²) < 4.78 is 55.2. The summed E-state index contributed by atoms with van der Waals surface area (Å²) in [5.41, 5.74) is 0.462. The second-order valence-corrected chi connectivity index (χ2v) is 9.31. The fraction of sp³-hybridized carbons (Fsp3) is 0.360. The van der Waals surface area contributed by atoms with Gasteiger partial charge in [0.15, 0.2) is 23.3 Å². The summed E-state index contributed by atoms with van der Waals surface area (Å²) >= 11 is 0. The van der Waals surface area contributed by atoms with Crippen molar-refractivity contribution < 1.29 is 38.0 Å². The number of nitrogens with zero attached hydrogens (tertiary/aromatic N) is 6. The van der Waals surface area contributed by atoms with Gasteiger partial charge in [0.1, 0.15) is 48.2 Å². The molecule has 2 aromatic carbocycles. The van der Waals surface area contributed by atoms with Gasteiger partial charge in [-0.3, -0.25) is 4.57 Å². The summed E-state index contributed by atoms with van der Waals surface area (Å²) in [6.07, 6.45) is -2.73. The molecule has 39 heavy (non-hydrogen) atoms. The van der Waals surface area contributed by atoms with E-state index in [0.29, 0.717) is 11.4 Å². The Hall–Kier alpha value is -3.85. The van der Waals surface area contributed by atoms with Crippen molar-refractivity contribution in [2.75, 3.05) is 6.61 Å². The Morgan fingerprint density at radius 2 is 1.79 bits per heavy atom. The molecule has 3 heterocycles. The van der Waals surface area contributed by atoms with E-state index in [0.717, 1.165) is 16.8 Å². The Morgan fingerprint density at radius 1 is 1.05 bits per heavy atom. The summed E-state index contributed by atoms with van der Waals surface area (Å²) in [7, 11) is 0. The van der Waals surface area contributed by atoms with Crippen LogP contribution in [0.15, 0.2) is 48.9 Å². The van der Waals surface area contributed by atoms with E-state index >= 15 is 0 Å². The smallest absolute Gasteiger partial charge is 0.194 e. The molecule has 0 saturated carbocycles. The maximum absolute atomic E-state index is 13.8. The van der Waals surface area contributed by atoms with Crippen molar-refractivity contribution in [3.8, 4) is 22.7 Å². The third-order valence-corrected chi connectivity index (χ3v) is 6.28. The Bertz CT molecular complexity index is 1440. The first-order valence-electron chi connectivity index (χ1n) is 12.0. The number of hydrogen-bond acceptors (Lipinski definition) is 9. The average Bonchev–Trinajstić information content (AvgIpc) is 3.58. The van der Waals surface area contributed by atoms with Gasteiger partial charge in [-0.15, -0.1) is 15.3 Å². The molecule has 1 saturated heterocycles. The lowest BCUT2D eigenvalue weighted by atomic mass is 9.92. The lowest BCUT2D eigenvalue weighted by Crippen LogP contribution is -2.53. The van der Waals surface area contributed by atoms with Crippen molar-refractivity contribution in [1.29, 1.82) is 0 Å². The highest BCUT2D eigenvalue weighted by molar-refractivity contribution is 5.58. The van der Waals surface area contributed by atoms with Crippen LogP contribution < -0.4 is 4.74 Å². The first kappa shape index (κ1) is 26.7. The number of ether oxygens (including phenoxy) is 2. The summed E-state index contributed by atoms with van der Waals surface area (Å²) in [4.78, 5) is 0. The third kappa shape index (κ3) is 5.11. The molecule has 0 aliphatic carbocycles. The Morgan fingerprint density at radius 3 is 2.49 bits per heavy atom. The topological polar surface area (TPSA) is 141 Å². The van der Waals surface area contributed by atoms with E-state index in [2.05, 4.69) is 20.5 Å². The fourth-order valence-corrected chi connectivity index (χ4v) is 4.50. The molecule has 11 nitrogen and oxygen atoms in total. The van der Waals surface area contributed by atoms with Gasteiger partial charge in [-0.2, -0.15) is 0 Å². The molecule has 5 atom stereocenters. The van der Waals surface area contributed by atoms with Crippen LogP contribution >= 0.6 is 0 Å². The average molecular weight is 547 g/mol. The van der Waals surface area contributed by atoms with Crippen LogP contribution in [0.5, 0.6) is 5.75 Å². The first-order chi connectivity index (χ1) is 18.7. The SMILES string of the molecule is CC(C)Oc1cccc(-n2cnnc2[C@@H]2O[C@H](CO)[C@H](O)[C@H](n3cc(-c4cc(F)c(F)c(F)c4)nn3)[C@H]2O)c1. The Balaban J connectivity index is 1.49. The van der Waals surface area contributed by atoms with Crippen LogP contribution in [-0.2, 0) is 4.74 Å². The van der Waals surface area contributed by atoms with Crippen molar-refractivity contribution in [2.45, 2.75) is 50.4 Å². The number of rotatable bonds is 7. The second kappa shape index (κ2) is 10.7. The van der Waals surface area contributed by atoms with E-state index in [1.54, 1.807) is 28.8 Å². The monoisotopic (exact) mass is 546 g/mol. The number of benzene rings is 2. The lowest BCUT2D eigenvalue weighted by Gasteiger charge is -2.41. The molecule has 0 bridgehead atoms. The highest BCUT2D eigenvalue weighted by Crippen LogP contribution is 2.38. The van der Waals surface area contributed by atoms with E-state index in [-0.39, 0.29) is 23.2 Å². The van der Waals surface area contributed by atoms with E-state index < -0.39 is 54.5 Å². The molecule has 1 fully saturated rings. The molecule has 14 heteroatoms. The van der Waals surface area contributed by atoms with Gasteiger partial charge in [-0.05, 0) is 38.1 Å². The highest BCUT2D eigenvalue weighted by Gasteiger charge is 2.48. The van der Waals surface area contributed by atoms with Crippen LogP contribution in [0, 0.1) is 17.5 Å². The number of aliphatic hydroxyl groups excluding tert-OH is 3. The molecule has 4 aromatic rings. The summed E-state index contributed by atoms with van der Waals surface area (Å²) in [5, 5.41) is 48.0. The van der Waals surface area contributed by atoms with Crippen molar-refractivity contribution in [2.24, 2.45) is 0 Å². The predicted octanol–water partition coefficient (Wildman–Crippen LogP) is 2.13. The number of aliphatic hydroxyl groups is 3. The van der Waals surface area contributed by atoms with E-state index in [4.69, 9.17) is 9.47 Å². The van der Waals surface area contributed by atoms with Crippen LogP contribution in [0.25, 0.3) is 16.9 Å². The molecule has 2 aromatic heterocycles. The minimum absolute atomic E-state index is 0.0408. The van der Waals surface area contributed by atoms with Crippen molar-refractivity contribution in [3.63, 3.8) is 0 Å². The van der Waals surface area contributed by atoms with Gasteiger partial charge in [0.05, 0.1) is 24.6 Å². The zero-order chi connectivity index (χ0) is 27.8. The number of halogens is 3. The van der Waals surface area contributed by atoms with Gasteiger partial charge in [-0.25, -0.2) is 17.9 Å². The molecular weight excluding hydrogens is 521 g/mol. The molecule has 0 amide bonds. The molecule has 0 unspecified atom stereocenters. The molecule has 206 valence electrons. The Labute approximate surface area is 220 Å². The van der Waals surface area contributed by atoms with Gasteiger partial charge in [0.25, 0.3) is 0 Å². The zero-order valence-electron chi connectivity index (χ0n) is 20.8. The Kier molecular flexibility index (Phi) is 7.36. The van der Waals surface area contributed by atoms with Gasteiger partial charge < -0.3 is 24.8 Å². The summed E-state index contributed by atoms with van der Waals surface area (Å²) in [6.45, 7) is 3.17. The van der Waals surface area contributed by atoms with Gasteiger partial charge in [0.2, 0.25) is 0 Å². The van der Waals surface area contributed by atoms with Crippen LogP contribution in [-0.4, -0.2) is 76.1 Å². The fourth-order valence-electron chi connectivity index (χ4n) is 4.50. The lowest BCUT2D eigenvalue weighted by molar-refractivity contribution is -0.210. The van der Waals surface area contributed by atoms with Gasteiger partial charge in [0, 0.05) is 11.6 Å². The van der Waals surface area contributed by atoms with Crippen molar-refractivity contribution in [3.05, 3.63) is 72.2 Å². The zero-order valence-corrected chi connectivity index (χ0v) is 20.8. The number of aromatic nitrogens is 6. The molecule has 0 radical (unpaired) electrons. The van der Waals surface area contributed by atoms with Gasteiger partial charge >= 0.3 is 0 Å². The predicted molar refractivity (Wildman–Crippen MR) is 128 cm³/mol. The van der Waals surface area contributed by atoms with Gasteiger partial charge in [-0.1, -0.05) is 11.3 Å². The van der Waals surface area contributed by atoms with Crippen LogP contribution in [0.1, 0.15) is 31.8 Å². The minimum Gasteiger partial charge on any atom is -0.491 e. The maximum atomic E-state index is 13.8. The third-order valence-electron chi connectivity index (χ3n) is 6.28. The quantitative estimate of drug-likeness (QED) is 0.297. The van der Waals surface area contributed by atoms with Crippen LogP contribution in [0.2, 0.25) is 0 Å². The molecule has 1 aliphatic heterocycles. The highest BCUT2D eigenvalue weighted by atomic mass is 19.2. The summed E-state index contributed by atoms with van der Waals surface area (Å²) in [6, 6.07) is 7.37. The maximum Gasteiger partial charge on any atom is 0.194 e. The molecule has 5 rings (SSSR count). The second-order valence-electron chi connectivity index (χ2n) is 9.31. The largest absolute Gasteiger partial charge is 0.491 e. The van der Waals surface area contributed by atoms with E-state index in [9.17, 15) is 28.5 Å². The first-order valence-corrected chi connectivity index (χ1v) is 12.0. The molecule has 3 N–H and O–H groups in total. The van der Waals surface area contributed by atoms with Crippen molar-refractivity contribution >= 4 is 0 Å². The van der Waals surface area contributed by atoms with E-state index in [1.807, 2.05) is 13.8 Å². The van der Waals surface area contributed by atoms with Crippen LogP contribution in [0.3, 0.4) is 0 Å². The van der Waals surface area contributed by atoms with Crippen molar-refractivity contribution in [1.82, 2.24) is 29.8 Å². The molecular formula is C25H25F3N6O5. The standard InChI is InChI=1S/C25H25F3N6O5/c1-12(2)38-15-5-3-4-14(8-15)33-11-29-31-25(33)24-23(37)21(22(36)19(10-35)39-24)34-9-18(30-32-34)13-6-16(26)20(28)17(27)7-13/h3-9,11-12,19,21-24,35-37H,10H2,1-2H3/t19-,21+,22+,23-,24-/m1/s1. The van der Waals surface area contributed by atoms with E-state index in [1.165, 1.54) is 12.5 Å². The summed E-state index contributed by atoms with van der Waals surface area (Å²) in [5.74, 6) is -3.68. The van der Waals surface area contributed by atoms with Crippen LogP contribution in [0.4, 0.5) is 13.2 Å². The normalized spacial score (nSPS) is 23.4.